The van der Waals surface area contributed by atoms with E-state index in [1.807, 2.05) is 32.9 Å². The molecule has 0 bridgehead atoms. The van der Waals surface area contributed by atoms with Gasteiger partial charge in [0.25, 0.3) is 10.0 Å². The average molecular weight is 550 g/mol. The Labute approximate surface area is 232 Å². The lowest BCUT2D eigenvalue weighted by Gasteiger charge is -2.32. The first-order valence-corrected chi connectivity index (χ1v) is 15.1. The van der Waals surface area contributed by atoms with Crippen LogP contribution in [0, 0.1) is 12.8 Å². The van der Waals surface area contributed by atoms with Crippen LogP contribution in [0.25, 0.3) is 0 Å². The number of amides is 1. The van der Waals surface area contributed by atoms with E-state index >= 15 is 0 Å². The third kappa shape index (κ3) is 6.92. The van der Waals surface area contributed by atoms with Crippen molar-refractivity contribution in [1.29, 1.82) is 0 Å². The molecule has 1 saturated heterocycles. The molecule has 3 aromatic rings. The van der Waals surface area contributed by atoms with E-state index in [1.54, 1.807) is 48.5 Å². The number of anilines is 2. The second-order valence-electron chi connectivity index (χ2n) is 10.3. The number of nitrogens with one attached hydrogen (secondary N) is 1. The number of hydrogen-bond acceptors (Lipinski definition) is 5. The number of piperidine rings is 1. The zero-order valence-corrected chi connectivity index (χ0v) is 24.1. The predicted octanol–water partition coefficient (Wildman–Crippen LogP) is 5.70. The maximum absolute atomic E-state index is 13.8. The van der Waals surface area contributed by atoms with Crippen molar-refractivity contribution in [3.63, 3.8) is 0 Å². The molecule has 4 rings (SSSR count). The number of carbonyl (C=O) groups excluding carboxylic acids is 1. The number of para-hydroxylation sites is 2. The molecule has 1 heterocycles. The van der Waals surface area contributed by atoms with Gasteiger partial charge >= 0.3 is 0 Å². The maximum atomic E-state index is 13.8. The number of nitrogens with zero attached hydrogens (tertiary/aromatic N) is 2. The summed E-state index contributed by atoms with van der Waals surface area (Å²) in [5.74, 6) is 0.767. The molecule has 1 aliphatic heterocycles. The number of sulfonamides is 1. The normalized spacial score (nSPS) is 15.0. The summed E-state index contributed by atoms with van der Waals surface area (Å²) in [4.78, 5) is 15.8. The molecule has 0 aromatic heterocycles. The molecule has 0 radical (unpaired) electrons. The molecule has 1 unspecified atom stereocenters. The topological polar surface area (TPSA) is 79.0 Å². The minimum atomic E-state index is -4.04. The first-order chi connectivity index (χ1) is 18.7. The molecule has 8 heteroatoms. The molecule has 1 N–H and O–H groups in total. The van der Waals surface area contributed by atoms with Crippen LogP contribution in [-0.4, -0.2) is 40.6 Å². The first-order valence-electron chi connectivity index (χ1n) is 13.6. The van der Waals surface area contributed by atoms with Gasteiger partial charge in [0.2, 0.25) is 5.91 Å². The Balaban J connectivity index is 1.53. The Morgan fingerprint density at radius 1 is 1.03 bits per heavy atom. The predicted molar refractivity (Wildman–Crippen MR) is 157 cm³/mol. The van der Waals surface area contributed by atoms with Crippen LogP contribution in [0.4, 0.5) is 11.4 Å². The number of carbonyl (C=O) groups is 1. The van der Waals surface area contributed by atoms with E-state index in [-0.39, 0.29) is 17.5 Å². The Bertz CT molecular complexity index is 1350. The highest BCUT2D eigenvalue weighted by Crippen LogP contribution is 2.33. The van der Waals surface area contributed by atoms with Gasteiger partial charge in [0, 0.05) is 18.8 Å². The molecule has 0 spiro atoms. The zero-order valence-electron chi connectivity index (χ0n) is 23.3. The van der Waals surface area contributed by atoms with Crippen LogP contribution in [0.2, 0.25) is 0 Å². The van der Waals surface area contributed by atoms with Gasteiger partial charge in [-0.3, -0.25) is 9.10 Å². The van der Waals surface area contributed by atoms with Gasteiger partial charge in [-0.1, -0.05) is 48.9 Å². The molecule has 208 valence electrons. The van der Waals surface area contributed by atoms with Gasteiger partial charge in [-0.05, 0) is 81.5 Å². The summed E-state index contributed by atoms with van der Waals surface area (Å²) in [7, 11) is -4.04. The fraction of sp³-hybridized carbons (Fsp3) is 0.387. The van der Waals surface area contributed by atoms with Crippen molar-refractivity contribution in [2.45, 2.75) is 51.5 Å². The maximum Gasteiger partial charge on any atom is 0.264 e. The van der Waals surface area contributed by atoms with Crippen LogP contribution in [0.1, 0.15) is 50.8 Å². The fourth-order valence-electron chi connectivity index (χ4n) is 4.82. The smallest absolute Gasteiger partial charge is 0.264 e. The molecule has 0 aliphatic carbocycles. The van der Waals surface area contributed by atoms with Crippen molar-refractivity contribution in [3.8, 4) is 5.75 Å². The largest absolute Gasteiger partial charge is 0.492 e. The molecule has 0 saturated carbocycles. The Hall–Kier alpha value is -3.52. The Morgan fingerprint density at radius 2 is 1.67 bits per heavy atom. The van der Waals surface area contributed by atoms with E-state index < -0.39 is 15.9 Å². The summed E-state index contributed by atoms with van der Waals surface area (Å²) in [5, 5.41) is 2.99. The highest BCUT2D eigenvalue weighted by molar-refractivity contribution is 7.92. The quantitative estimate of drug-likeness (QED) is 0.351. The zero-order chi connectivity index (χ0) is 28.0. The van der Waals surface area contributed by atoms with Crippen molar-refractivity contribution in [2.24, 2.45) is 5.92 Å². The summed E-state index contributed by atoms with van der Waals surface area (Å²) in [6.45, 7) is 10.0. The van der Waals surface area contributed by atoms with Crippen molar-refractivity contribution in [3.05, 3.63) is 83.9 Å². The van der Waals surface area contributed by atoms with Crippen LogP contribution in [0.5, 0.6) is 5.75 Å². The lowest BCUT2D eigenvalue weighted by molar-refractivity contribution is -0.120. The first kappa shape index (κ1) is 28.5. The summed E-state index contributed by atoms with van der Waals surface area (Å²) < 4.78 is 34.4. The number of ether oxygens (including phenoxy) is 1. The van der Waals surface area contributed by atoms with Gasteiger partial charge in [0.1, 0.15) is 12.3 Å². The summed E-state index contributed by atoms with van der Waals surface area (Å²) in [6, 6.07) is 21.5. The average Bonchev–Trinajstić information content (AvgIpc) is 2.93. The molecule has 1 amide bonds. The molecule has 1 fully saturated rings. The number of benzene rings is 3. The Morgan fingerprint density at radius 3 is 2.31 bits per heavy atom. The SMILES string of the molecule is CCOc1ccccc1N(CC(=O)NC(C)c1ccc(N2CCC(C)CC2)cc1)S(=O)(=O)c1ccc(C)cc1. The van der Waals surface area contributed by atoms with Gasteiger partial charge in [-0.25, -0.2) is 8.42 Å². The molecule has 3 aromatic carbocycles. The lowest BCUT2D eigenvalue weighted by atomic mass is 9.98. The standard InChI is InChI=1S/C31H39N3O4S/c1-5-38-30-9-7-6-8-29(30)34(39(36,37)28-16-10-23(2)11-17-28)22-31(35)32-25(4)26-12-14-27(15-13-26)33-20-18-24(3)19-21-33/h6-17,24-25H,5,18-22H2,1-4H3,(H,32,35). The minimum Gasteiger partial charge on any atom is -0.492 e. The number of hydrogen-bond donors (Lipinski definition) is 1. The van der Waals surface area contributed by atoms with Gasteiger partial charge < -0.3 is 15.0 Å². The highest BCUT2D eigenvalue weighted by atomic mass is 32.2. The second kappa shape index (κ2) is 12.6. The molecule has 7 nitrogen and oxygen atoms in total. The monoisotopic (exact) mass is 549 g/mol. The van der Waals surface area contributed by atoms with E-state index in [9.17, 15) is 13.2 Å². The van der Waals surface area contributed by atoms with Gasteiger partial charge in [-0.15, -0.1) is 0 Å². The second-order valence-corrected chi connectivity index (χ2v) is 12.1. The molecular weight excluding hydrogens is 510 g/mol. The Kier molecular flexibility index (Phi) is 9.17. The van der Waals surface area contributed by atoms with E-state index in [4.69, 9.17) is 4.74 Å². The summed E-state index contributed by atoms with van der Waals surface area (Å²) >= 11 is 0. The van der Waals surface area contributed by atoms with Gasteiger partial charge in [-0.2, -0.15) is 0 Å². The fourth-order valence-corrected chi connectivity index (χ4v) is 6.25. The van der Waals surface area contributed by atoms with Crippen LogP contribution in [-0.2, 0) is 14.8 Å². The van der Waals surface area contributed by atoms with Crippen LogP contribution in [0.15, 0.2) is 77.7 Å². The minimum absolute atomic E-state index is 0.114. The van der Waals surface area contributed by atoms with Crippen molar-refractivity contribution in [1.82, 2.24) is 5.32 Å². The summed E-state index contributed by atoms with van der Waals surface area (Å²) in [5.41, 5.74) is 3.41. The third-order valence-corrected chi connectivity index (χ3v) is 9.02. The molecule has 39 heavy (non-hydrogen) atoms. The van der Waals surface area contributed by atoms with Crippen LogP contribution >= 0.6 is 0 Å². The van der Waals surface area contributed by atoms with E-state index in [0.29, 0.717) is 18.0 Å². The number of rotatable bonds is 10. The van der Waals surface area contributed by atoms with E-state index in [2.05, 4.69) is 29.3 Å². The third-order valence-electron chi connectivity index (χ3n) is 7.25. The lowest BCUT2D eigenvalue weighted by Crippen LogP contribution is -2.41. The molecular formula is C31H39N3O4S. The van der Waals surface area contributed by atoms with Gasteiger partial charge in [0.05, 0.1) is 23.2 Å². The molecule has 1 aliphatic rings. The van der Waals surface area contributed by atoms with Crippen LogP contribution in [0.3, 0.4) is 0 Å². The van der Waals surface area contributed by atoms with Crippen LogP contribution < -0.4 is 19.3 Å². The number of aryl methyl sites for hydroxylation is 1. The molecule has 1 atom stereocenters. The van der Waals surface area contributed by atoms with E-state index in [1.165, 1.54) is 18.5 Å². The van der Waals surface area contributed by atoms with Gasteiger partial charge in [0.15, 0.2) is 0 Å². The summed E-state index contributed by atoms with van der Waals surface area (Å²) in [6.07, 6.45) is 2.39. The highest BCUT2D eigenvalue weighted by Gasteiger charge is 2.30. The van der Waals surface area contributed by atoms with Crippen molar-refractivity contribution >= 4 is 27.3 Å². The van der Waals surface area contributed by atoms with Crippen molar-refractivity contribution in [2.75, 3.05) is 35.4 Å². The van der Waals surface area contributed by atoms with E-state index in [0.717, 1.165) is 34.4 Å². The van der Waals surface area contributed by atoms with Crippen molar-refractivity contribution < 1.29 is 17.9 Å².